The van der Waals surface area contributed by atoms with Crippen molar-refractivity contribution in [2.24, 2.45) is 0 Å². The number of benzene rings is 1. The fourth-order valence-electron chi connectivity index (χ4n) is 1.28. The molecule has 0 atom stereocenters. The van der Waals surface area contributed by atoms with E-state index in [1.54, 1.807) is 0 Å². The number of anilines is 1. The minimum absolute atomic E-state index is 0.0632. The first-order chi connectivity index (χ1) is 9.17. The third kappa shape index (κ3) is 4.59. The van der Waals surface area contributed by atoms with Crippen LogP contribution in [0.4, 0.5) is 5.13 Å². The summed E-state index contributed by atoms with van der Waals surface area (Å²) in [7, 11) is 0. The molecule has 0 unspecified atom stereocenters. The number of nitrogens with one attached hydrogen (secondary N) is 1. The van der Waals surface area contributed by atoms with Crippen molar-refractivity contribution in [2.45, 2.75) is 18.2 Å². The molecule has 0 fully saturated rings. The maximum Gasteiger partial charge on any atom is 0.236 e. The molecule has 0 aliphatic heterocycles. The highest BCUT2D eigenvalue weighted by atomic mass is 79.9. The van der Waals surface area contributed by atoms with Gasteiger partial charge in [-0.1, -0.05) is 34.2 Å². The second-order valence-corrected chi connectivity index (χ2v) is 6.67. The van der Waals surface area contributed by atoms with Crippen LogP contribution < -0.4 is 5.32 Å². The van der Waals surface area contributed by atoms with E-state index in [9.17, 15) is 4.79 Å². The molecule has 0 aliphatic carbocycles. The third-order valence-corrected chi connectivity index (χ3v) is 4.72. The van der Waals surface area contributed by atoms with E-state index in [1.807, 2.05) is 31.2 Å². The minimum atomic E-state index is -0.0632. The number of hydrogen-bond acceptors (Lipinski definition) is 5. The first kappa shape index (κ1) is 14.5. The molecule has 0 aliphatic rings. The molecule has 0 spiro atoms. The quantitative estimate of drug-likeness (QED) is 0.830. The van der Waals surface area contributed by atoms with Gasteiger partial charge in [-0.15, -0.1) is 22.0 Å². The number of amides is 1. The lowest BCUT2D eigenvalue weighted by atomic mass is 10.4. The largest absolute Gasteiger partial charge is 0.300 e. The van der Waals surface area contributed by atoms with Crippen molar-refractivity contribution in [3.63, 3.8) is 0 Å². The number of carbonyl (C=O) groups is 1. The fourth-order valence-corrected chi connectivity index (χ4v) is 2.94. The van der Waals surface area contributed by atoms with E-state index in [0.29, 0.717) is 10.9 Å². The van der Waals surface area contributed by atoms with Crippen LogP contribution in [-0.2, 0) is 11.2 Å². The van der Waals surface area contributed by atoms with E-state index in [-0.39, 0.29) is 5.91 Å². The van der Waals surface area contributed by atoms with Crippen LogP contribution in [0.5, 0.6) is 0 Å². The molecule has 2 rings (SSSR count). The molecule has 0 saturated carbocycles. The Kier molecular flexibility index (Phi) is 5.35. The van der Waals surface area contributed by atoms with Crippen molar-refractivity contribution in [3.8, 4) is 0 Å². The molecular formula is C12H12BrN3OS2. The first-order valence-electron chi connectivity index (χ1n) is 5.68. The Morgan fingerprint density at radius 3 is 2.74 bits per heavy atom. The zero-order valence-electron chi connectivity index (χ0n) is 10.2. The van der Waals surface area contributed by atoms with E-state index < -0.39 is 0 Å². The summed E-state index contributed by atoms with van der Waals surface area (Å²) in [6, 6.07) is 7.86. The maximum absolute atomic E-state index is 11.7. The second kappa shape index (κ2) is 7.02. The van der Waals surface area contributed by atoms with Crippen molar-refractivity contribution in [1.82, 2.24) is 10.2 Å². The molecule has 7 heteroatoms. The van der Waals surface area contributed by atoms with Gasteiger partial charge >= 0.3 is 0 Å². The van der Waals surface area contributed by atoms with Crippen LogP contribution in [0.3, 0.4) is 0 Å². The molecule has 1 amide bonds. The average Bonchev–Trinajstić information content (AvgIpc) is 2.86. The Morgan fingerprint density at radius 2 is 2.11 bits per heavy atom. The van der Waals surface area contributed by atoms with Gasteiger partial charge in [-0.05, 0) is 30.7 Å². The number of nitrogens with zero attached hydrogens (tertiary/aromatic N) is 2. The summed E-state index contributed by atoms with van der Waals surface area (Å²) in [6.07, 6.45) is 0.835. The van der Waals surface area contributed by atoms with Crippen molar-refractivity contribution in [3.05, 3.63) is 33.7 Å². The van der Waals surface area contributed by atoms with Crippen LogP contribution in [0.15, 0.2) is 33.6 Å². The van der Waals surface area contributed by atoms with Crippen LogP contribution in [0, 0.1) is 0 Å². The Morgan fingerprint density at radius 1 is 1.37 bits per heavy atom. The van der Waals surface area contributed by atoms with Gasteiger partial charge in [-0.2, -0.15) is 0 Å². The summed E-state index contributed by atoms with van der Waals surface area (Å²) in [5.74, 6) is 0.301. The lowest BCUT2D eigenvalue weighted by Gasteiger charge is -2.01. The molecule has 4 nitrogen and oxygen atoms in total. The van der Waals surface area contributed by atoms with Crippen LogP contribution in [0.2, 0.25) is 0 Å². The molecule has 19 heavy (non-hydrogen) atoms. The number of halogens is 1. The number of aromatic nitrogens is 2. The van der Waals surface area contributed by atoms with Crippen molar-refractivity contribution in [1.29, 1.82) is 0 Å². The van der Waals surface area contributed by atoms with Crippen LogP contribution >= 0.6 is 39.0 Å². The van der Waals surface area contributed by atoms with Crippen LogP contribution in [0.1, 0.15) is 11.9 Å². The normalized spacial score (nSPS) is 10.4. The molecule has 1 N–H and O–H groups in total. The summed E-state index contributed by atoms with van der Waals surface area (Å²) >= 11 is 6.28. The zero-order chi connectivity index (χ0) is 13.7. The molecule has 100 valence electrons. The molecule has 0 saturated heterocycles. The summed E-state index contributed by atoms with van der Waals surface area (Å²) in [5.41, 5.74) is 0. The van der Waals surface area contributed by atoms with E-state index >= 15 is 0 Å². The number of carbonyl (C=O) groups excluding carboxylic acids is 1. The van der Waals surface area contributed by atoms with E-state index in [4.69, 9.17) is 0 Å². The number of hydrogen-bond donors (Lipinski definition) is 1. The smallest absolute Gasteiger partial charge is 0.236 e. The van der Waals surface area contributed by atoms with Gasteiger partial charge in [-0.3, -0.25) is 10.1 Å². The van der Waals surface area contributed by atoms with Gasteiger partial charge in [0.1, 0.15) is 5.01 Å². The van der Waals surface area contributed by atoms with Gasteiger partial charge in [0.2, 0.25) is 11.0 Å². The summed E-state index contributed by atoms with van der Waals surface area (Å²) in [6.45, 7) is 2.01. The van der Waals surface area contributed by atoms with Crippen LogP contribution in [0.25, 0.3) is 0 Å². The Hall–Kier alpha value is -0.920. The first-order valence-corrected chi connectivity index (χ1v) is 8.27. The summed E-state index contributed by atoms with van der Waals surface area (Å²) < 4.78 is 1.03. The van der Waals surface area contributed by atoms with Crippen molar-refractivity contribution in [2.75, 3.05) is 11.1 Å². The van der Waals surface area contributed by atoms with Gasteiger partial charge < -0.3 is 0 Å². The van der Waals surface area contributed by atoms with E-state index in [0.717, 1.165) is 20.8 Å². The number of aryl methyl sites for hydroxylation is 1. The van der Waals surface area contributed by atoms with Gasteiger partial charge in [0, 0.05) is 9.37 Å². The molecule has 1 aromatic carbocycles. The second-order valence-electron chi connectivity index (χ2n) is 3.65. The van der Waals surface area contributed by atoms with Crippen molar-refractivity contribution < 1.29 is 4.79 Å². The Bertz CT molecular complexity index is 556. The third-order valence-electron chi connectivity index (χ3n) is 2.20. The Balaban J connectivity index is 1.82. The zero-order valence-corrected chi connectivity index (χ0v) is 13.4. The van der Waals surface area contributed by atoms with Gasteiger partial charge in [0.15, 0.2) is 0 Å². The lowest BCUT2D eigenvalue weighted by Crippen LogP contribution is -2.13. The predicted molar refractivity (Wildman–Crippen MR) is 82.8 cm³/mol. The molecular weight excluding hydrogens is 346 g/mol. The highest BCUT2D eigenvalue weighted by molar-refractivity contribution is 9.10. The standard InChI is InChI=1S/C12H12BrN3OS2/c1-2-11-15-16-12(19-11)14-10(17)7-18-9-5-3-8(13)4-6-9/h3-6H,2,7H2,1H3,(H,14,16,17). The van der Waals surface area contributed by atoms with E-state index in [1.165, 1.54) is 23.1 Å². The lowest BCUT2D eigenvalue weighted by molar-refractivity contribution is -0.113. The van der Waals surface area contributed by atoms with E-state index in [2.05, 4.69) is 31.4 Å². The predicted octanol–water partition coefficient (Wildman–Crippen LogP) is 3.59. The van der Waals surface area contributed by atoms with Gasteiger partial charge in [-0.25, -0.2) is 0 Å². The number of rotatable bonds is 5. The van der Waals surface area contributed by atoms with Gasteiger partial charge in [0.05, 0.1) is 5.75 Å². The SMILES string of the molecule is CCc1nnc(NC(=O)CSc2ccc(Br)cc2)s1. The average molecular weight is 358 g/mol. The highest BCUT2D eigenvalue weighted by Crippen LogP contribution is 2.21. The molecule has 1 heterocycles. The fraction of sp³-hybridized carbons (Fsp3) is 0.250. The van der Waals surface area contributed by atoms with Crippen molar-refractivity contribution >= 4 is 50.1 Å². The molecule has 0 radical (unpaired) electrons. The van der Waals surface area contributed by atoms with Crippen LogP contribution in [-0.4, -0.2) is 21.9 Å². The van der Waals surface area contributed by atoms with Gasteiger partial charge in [0.25, 0.3) is 0 Å². The molecule has 0 bridgehead atoms. The summed E-state index contributed by atoms with van der Waals surface area (Å²) in [4.78, 5) is 12.8. The highest BCUT2D eigenvalue weighted by Gasteiger charge is 2.07. The molecule has 2 aromatic rings. The minimum Gasteiger partial charge on any atom is -0.300 e. The number of thioether (sulfide) groups is 1. The Labute approximate surface area is 128 Å². The summed E-state index contributed by atoms with van der Waals surface area (Å²) in [5, 5.41) is 12.1. The topological polar surface area (TPSA) is 54.9 Å². The molecule has 1 aromatic heterocycles. The monoisotopic (exact) mass is 357 g/mol. The maximum atomic E-state index is 11.7.